The van der Waals surface area contributed by atoms with Gasteiger partial charge < -0.3 is 15.5 Å². The summed E-state index contributed by atoms with van der Waals surface area (Å²) in [5.41, 5.74) is 0.616. The van der Waals surface area contributed by atoms with Gasteiger partial charge in [0.1, 0.15) is 5.25 Å². The van der Waals surface area contributed by atoms with Gasteiger partial charge in [-0.05, 0) is 43.1 Å². The van der Waals surface area contributed by atoms with Gasteiger partial charge in [0.2, 0.25) is 0 Å². The molecule has 1 aliphatic rings. The molecule has 6 nitrogen and oxygen atoms in total. The molecule has 0 spiro atoms. The van der Waals surface area contributed by atoms with Crippen molar-refractivity contribution in [3.63, 3.8) is 0 Å². The minimum absolute atomic E-state index is 0.0138. The molecule has 1 saturated heterocycles. The van der Waals surface area contributed by atoms with Crippen LogP contribution in [0.3, 0.4) is 0 Å². The zero-order valence-corrected chi connectivity index (χ0v) is 15.2. The van der Waals surface area contributed by atoms with Crippen LogP contribution >= 0.6 is 0 Å². The Kier molecular flexibility index (Phi) is 4.88. The highest BCUT2D eigenvalue weighted by Gasteiger charge is 2.52. The van der Waals surface area contributed by atoms with Crippen molar-refractivity contribution < 1.29 is 23.4 Å². The van der Waals surface area contributed by atoms with Crippen molar-refractivity contribution >= 4 is 15.8 Å². The molecule has 1 fully saturated rings. The first-order valence-corrected chi connectivity index (χ1v) is 9.87. The number of aryl methyl sites for hydroxylation is 1. The van der Waals surface area contributed by atoms with Gasteiger partial charge in [0.05, 0.1) is 4.90 Å². The van der Waals surface area contributed by atoms with Crippen LogP contribution in [-0.2, 0) is 14.6 Å². The minimum Gasteiger partial charge on any atom is -0.479 e. The molecule has 0 amide bonds. The Morgan fingerprint density at radius 3 is 2.15 bits per heavy atom. The number of benzene rings is 2. The van der Waals surface area contributed by atoms with Crippen molar-refractivity contribution in [2.75, 3.05) is 13.1 Å². The van der Waals surface area contributed by atoms with Gasteiger partial charge >= 0.3 is 5.97 Å². The predicted molar refractivity (Wildman–Crippen MR) is 97.7 cm³/mol. The molecular formula is C19H21NO5S. The third kappa shape index (κ3) is 3.25. The Bertz CT molecular complexity index is 906. The van der Waals surface area contributed by atoms with Crippen LogP contribution in [0, 0.1) is 6.92 Å². The molecule has 0 radical (unpaired) electrons. The standard InChI is InChI=1S/C19H21NO5S/c1-13-2-4-14(5-3-13)15-6-8-16(9-7-15)26(24,25)17-10-11-20-12-19(17,23)18(21)22/h2-9,17,20,23H,10-12H2,1H3,(H,21,22). The SMILES string of the molecule is Cc1ccc(-c2ccc(S(=O)(=O)C3CCNCC3(O)C(=O)O)cc2)cc1. The van der Waals surface area contributed by atoms with E-state index in [1.807, 2.05) is 31.2 Å². The number of sulfone groups is 1. The van der Waals surface area contributed by atoms with E-state index in [4.69, 9.17) is 0 Å². The van der Waals surface area contributed by atoms with E-state index in [1.54, 1.807) is 12.1 Å². The molecular weight excluding hydrogens is 354 g/mol. The number of hydrogen-bond acceptors (Lipinski definition) is 5. The number of carboxylic acids is 1. The van der Waals surface area contributed by atoms with Crippen LogP contribution in [0.4, 0.5) is 0 Å². The number of aliphatic hydroxyl groups is 1. The Morgan fingerprint density at radius 1 is 1.08 bits per heavy atom. The van der Waals surface area contributed by atoms with Gasteiger partial charge in [-0.2, -0.15) is 0 Å². The molecule has 2 atom stereocenters. The summed E-state index contributed by atoms with van der Waals surface area (Å²) >= 11 is 0. The smallest absolute Gasteiger partial charge is 0.338 e. The van der Waals surface area contributed by atoms with E-state index in [1.165, 1.54) is 12.1 Å². The Hall–Kier alpha value is -2.22. The summed E-state index contributed by atoms with van der Waals surface area (Å²) in [6.07, 6.45) is 0.0326. The Balaban J connectivity index is 1.94. The van der Waals surface area contributed by atoms with Gasteiger partial charge in [0.25, 0.3) is 0 Å². The highest BCUT2D eigenvalue weighted by Crippen LogP contribution is 2.31. The number of piperidine rings is 1. The number of nitrogens with one attached hydrogen (secondary N) is 1. The molecule has 0 aromatic heterocycles. The Morgan fingerprint density at radius 2 is 1.62 bits per heavy atom. The summed E-state index contributed by atoms with van der Waals surface area (Å²) < 4.78 is 25.9. The molecule has 0 aliphatic carbocycles. The van der Waals surface area contributed by atoms with E-state index in [2.05, 4.69) is 5.32 Å². The quantitative estimate of drug-likeness (QED) is 0.750. The second-order valence-corrected chi connectivity index (χ2v) is 8.75. The van der Waals surface area contributed by atoms with Crippen molar-refractivity contribution in [3.8, 4) is 11.1 Å². The van der Waals surface area contributed by atoms with E-state index in [0.29, 0.717) is 6.54 Å². The van der Waals surface area contributed by atoms with Crippen molar-refractivity contribution in [2.24, 2.45) is 0 Å². The van der Waals surface area contributed by atoms with Crippen LogP contribution in [0.15, 0.2) is 53.4 Å². The lowest BCUT2D eigenvalue weighted by atomic mass is 9.94. The van der Waals surface area contributed by atoms with Gasteiger partial charge in [-0.25, -0.2) is 13.2 Å². The molecule has 7 heteroatoms. The van der Waals surface area contributed by atoms with Crippen LogP contribution in [-0.4, -0.2) is 48.5 Å². The maximum atomic E-state index is 12.9. The van der Waals surface area contributed by atoms with E-state index >= 15 is 0 Å². The molecule has 1 aliphatic heterocycles. The number of aliphatic carboxylic acids is 1. The highest BCUT2D eigenvalue weighted by molar-refractivity contribution is 7.92. The summed E-state index contributed by atoms with van der Waals surface area (Å²) in [4.78, 5) is 11.5. The summed E-state index contributed by atoms with van der Waals surface area (Å²) in [5.74, 6) is -1.53. The van der Waals surface area contributed by atoms with Crippen LogP contribution in [0.2, 0.25) is 0 Å². The van der Waals surface area contributed by atoms with Crippen LogP contribution in [0.5, 0.6) is 0 Å². The maximum absolute atomic E-state index is 12.9. The van der Waals surface area contributed by atoms with Crippen molar-refractivity contribution in [1.82, 2.24) is 5.32 Å². The number of carboxylic acid groups (broad SMARTS) is 1. The molecule has 26 heavy (non-hydrogen) atoms. The normalized spacial score (nSPS) is 23.5. The largest absolute Gasteiger partial charge is 0.479 e. The molecule has 1 heterocycles. The lowest BCUT2D eigenvalue weighted by Crippen LogP contribution is -2.62. The summed E-state index contributed by atoms with van der Waals surface area (Å²) in [6.45, 7) is 2.02. The summed E-state index contributed by atoms with van der Waals surface area (Å²) in [6, 6.07) is 14.2. The van der Waals surface area contributed by atoms with Crippen LogP contribution < -0.4 is 5.32 Å². The second-order valence-electron chi connectivity index (χ2n) is 6.62. The van der Waals surface area contributed by atoms with Crippen LogP contribution in [0.25, 0.3) is 11.1 Å². The van der Waals surface area contributed by atoms with Crippen molar-refractivity contribution in [2.45, 2.75) is 29.1 Å². The van der Waals surface area contributed by atoms with E-state index in [0.717, 1.165) is 16.7 Å². The molecule has 0 bridgehead atoms. The second kappa shape index (κ2) is 6.83. The Labute approximate surface area is 152 Å². The van der Waals surface area contributed by atoms with E-state index < -0.39 is 26.7 Å². The first kappa shape index (κ1) is 18.6. The van der Waals surface area contributed by atoms with Gasteiger partial charge in [0, 0.05) is 6.54 Å². The third-order valence-corrected chi connectivity index (χ3v) is 7.13. The van der Waals surface area contributed by atoms with Gasteiger partial charge in [-0.3, -0.25) is 0 Å². The fourth-order valence-corrected chi connectivity index (χ4v) is 5.21. The molecule has 3 rings (SSSR count). The molecule has 2 aromatic rings. The van der Waals surface area contributed by atoms with Crippen molar-refractivity contribution in [3.05, 3.63) is 54.1 Å². The first-order valence-electron chi connectivity index (χ1n) is 8.32. The third-order valence-electron chi connectivity index (χ3n) is 4.82. The lowest BCUT2D eigenvalue weighted by molar-refractivity contribution is -0.159. The van der Waals surface area contributed by atoms with Gasteiger partial charge in [-0.1, -0.05) is 42.0 Å². The maximum Gasteiger partial charge on any atom is 0.338 e. The lowest BCUT2D eigenvalue weighted by Gasteiger charge is -2.36. The molecule has 2 unspecified atom stereocenters. The summed E-state index contributed by atoms with van der Waals surface area (Å²) in [7, 11) is -3.99. The van der Waals surface area contributed by atoms with E-state index in [-0.39, 0.29) is 17.9 Å². The zero-order chi connectivity index (χ0) is 18.9. The predicted octanol–water partition coefficient (Wildman–Crippen LogP) is 1.61. The molecule has 3 N–H and O–H groups in total. The summed E-state index contributed by atoms with van der Waals surface area (Å²) in [5, 5.41) is 21.1. The first-order chi connectivity index (χ1) is 12.2. The van der Waals surface area contributed by atoms with Gasteiger partial charge in [0.15, 0.2) is 15.4 Å². The molecule has 138 valence electrons. The minimum atomic E-state index is -3.99. The van der Waals surface area contributed by atoms with Gasteiger partial charge in [-0.15, -0.1) is 0 Å². The van der Waals surface area contributed by atoms with E-state index in [9.17, 15) is 23.4 Å². The average Bonchev–Trinajstić information content (AvgIpc) is 2.62. The fourth-order valence-electron chi connectivity index (χ4n) is 3.24. The number of rotatable bonds is 4. The molecule has 0 saturated carbocycles. The average molecular weight is 375 g/mol. The fraction of sp³-hybridized carbons (Fsp3) is 0.316. The number of β-amino-alcohol motifs (C(OH)–C–C–N with tert-alkyl or cyclic N) is 1. The number of carbonyl (C=O) groups is 1. The highest BCUT2D eigenvalue weighted by atomic mass is 32.2. The van der Waals surface area contributed by atoms with Crippen molar-refractivity contribution in [1.29, 1.82) is 0 Å². The molecule has 2 aromatic carbocycles. The number of hydrogen-bond donors (Lipinski definition) is 3. The monoisotopic (exact) mass is 375 g/mol. The topological polar surface area (TPSA) is 104 Å². The zero-order valence-electron chi connectivity index (χ0n) is 14.3. The van der Waals surface area contributed by atoms with Crippen LogP contribution in [0.1, 0.15) is 12.0 Å².